The molecule has 1 unspecified atom stereocenters. The molecule has 3 aromatic heterocycles. The molecule has 1 saturated heterocycles. The van der Waals surface area contributed by atoms with Crippen molar-refractivity contribution < 1.29 is 0 Å². The monoisotopic (exact) mass is 307 g/mol. The van der Waals surface area contributed by atoms with Gasteiger partial charge in [-0.3, -0.25) is 4.98 Å². The van der Waals surface area contributed by atoms with Crippen LogP contribution < -0.4 is 5.32 Å². The Kier molecular flexibility index (Phi) is 3.79. The summed E-state index contributed by atoms with van der Waals surface area (Å²) in [4.78, 5) is 8.70. The fraction of sp³-hybridized carbons (Fsp3) is 0.389. The molecule has 0 saturated carbocycles. The van der Waals surface area contributed by atoms with Crippen LogP contribution in [0.15, 0.2) is 36.8 Å². The summed E-state index contributed by atoms with van der Waals surface area (Å²) in [6, 6.07) is 6.14. The van der Waals surface area contributed by atoms with Gasteiger partial charge in [-0.1, -0.05) is 0 Å². The van der Waals surface area contributed by atoms with Crippen LogP contribution in [0.3, 0.4) is 0 Å². The number of nitrogens with one attached hydrogen (secondary N) is 1. The lowest BCUT2D eigenvalue weighted by Crippen LogP contribution is -2.31. The van der Waals surface area contributed by atoms with Gasteiger partial charge in [-0.05, 0) is 69.0 Å². The van der Waals surface area contributed by atoms with Crippen LogP contribution in [-0.4, -0.2) is 32.7 Å². The number of aromatic nitrogens is 4. The van der Waals surface area contributed by atoms with Gasteiger partial charge in [-0.2, -0.15) is 5.10 Å². The van der Waals surface area contributed by atoms with Crippen LogP contribution >= 0.6 is 0 Å². The van der Waals surface area contributed by atoms with Crippen LogP contribution in [0, 0.1) is 12.8 Å². The number of piperidine rings is 1. The number of aryl methyl sites for hydroxylation is 1. The predicted molar refractivity (Wildman–Crippen MR) is 90.3 cm³/mol. The third-order valence-corrected chi connectivity index (χ3v) is 4.64. The van der Waals surface area contributed by atoms with Crippen LogP contribution in [0.1, 0.15) is 24.2 Å². The standard InChI is InChI=1S/C18H21N5/c1-13-17(15-4-8-19-9-5-15)18-21-10-6-16(23(18)22-13)11-14-3-2-7-20-12-14/h4-6,8-10,14,20H,2-3,7,11-12H2,1H3. The molecule has 3 aromatic rings. The molecule has 23 heavy (non-hydrogen) atoms. The summed E-state index contributed by atoms with van der Waals surface area (Å²) < 4.78 is 2.03. The largest absolute Gasteiger partial charge is 0.316 e. The van der Waals surface area contributed by atoms with Gasteiger partial charge in [0.2, 0.25) is 0 Å². The quantitative estimate of drug-likeness (QED) is 0.808. The van der Waals surface area contributed by atoms with E-state index in [0.717, 1.165) is 42.0 Å². The summed E-state index contributed by atoms with van der Waals surface area (Å²) >= 11 is 0. The highest BCUT2D eigenvalue weighted by Gasteiger charge is 2.18. The third-order valence-electron chi connectivity index (χ3n) is 4.64. The van der Waals surface area contributed by atoms with E-state index in [1.165, 1.54) is 18.5 Å². The van der Waals surface area contributed by atoms with E-state index in [0.29, 0.717) is 5.92 Å². The zero-order valence-electron chi connectivity index (χ0n) is 13.4. The topological polar surface area (TPSA) is 55.1 Å². The third kappa shape index (κ3) is 2.72. The highest BCUT2D eigenvalue weighted by Crippen LogP contribution is 2.27. The Bertz CT molecular complexity index is 803. The molecule has 1 fully saturated rings. The minimum Gasteiger partial charge on any atom is -0.316 e. The smallest absolute Gasteiger partial charge is 0.163 e. The molecule has 1 N–H and O–H groups in total. The summed E-state index contributed by atoms with van der Waals surface area (Å²) in [5, 5.41) is 8.26. The van der Waals surface area contributed by atoms with Crippen molar-refractivity contribution in [3.8, 4) is 11.1 Å². The van der Waals surface area contributed by atoms with Gasteiger partial charge in [0, 0.05) is 29.8 Å². The van der Waals surface area contributed by atoms with Crippen LogP contribution in [0.25, 0.3) is 16.8 Å². The number of rotatable bonds is 3. The molecule has 0 amide bonds. The molecule has 0 bridgehead atoms. The second kappa shape index (κ2) is 6.08. The van der Waals surface area contributed by atoms with Gasteiger partial charge in [0.1, 0.15) is 0 Å². The molecule has 5 nitrogen and oxygen atoms in total. The number of nitrogens with zero attached hydrogens (tertiary/aromatic N) is 4. The molecule has 1 aliphatic heterocycles. The minimum atomic E-state index is 0.684. The van der Waals surface area contributed by atoms with Gasteiger partial charge in [0.25, 0.3) is 0 Å². The van der Waals surface area contributed by atoms with E-state index in [9.17, 15) is 0 Å². The lowest BCUT2D eigenvalue weighted by Gasteiger charge is -2.22. The summed E-state index contributed by atoms with van der Waals surface area (Å²) in [6.07, 6.45) is 9.13. The van der Waals surface area contributed by atoms with Crippen molar-refractivity contribution >= 4 is 5.65 Å². The van der Waals surface area contributed by atoms with Crippen molar-refractivity contribution in [3.63, 3.8) is 0 Å². The number of hydrogen-bond donors (Lipinski definition) is 1. The van der Waals surface area contributed by atoms with E-state index in [2.05, 4.69) is 28.3 Å². The Labute approximate surface area is 135 Å². The maximum atomic E-state index is 4.77. The summed E-state index contributed by atoms with van der Waals surface area (Å²) in [7, 11) is 0. The van der Waals surface area contributed by atoms with Crippen LogP contribution in [0.2, 0.25) is 0 Å². The van der Waals surface area contributed by atoms with Crippen LogP contribution in [-0.2, 0) is 6.42 Å². The van der Waals surface area contributed by atoms with Gasteiger partial charge in [0.15, 0.2) is 5.65 Å². The molecular formula is C18H21N5. The molecule has 0 aromatic carbocycles. The zero-order chi connectivity index (χ0) is 15.6. The first-order chi connectivity index (χ1) is 11.3. The molecular weight excluding hydrogens is 286 g/mol. The normalized spacial score (nSPS) is 18.4. The van der Waals surface area contributed by atoms with Gasteiger partial charge >= 0.3 is 0 Å². The predicted octanol–water partition coefficient (Wildman–Crippen LogP) is 2.64. The highest BCUT2D eigenvalue weighted by atomic mass is 15.3. The molecule has 1 atom stereocenters. The Morgan fingerprint density at radius 3 is 2.87 bits per heavy atom. The summed E-state index contributed by atoms with van der Waals surface area (Å²) in [5.74, 6) is 0.684. The first-order valence-corrected chi connectivity index (χ1v) is 8.27. The molecule has 4 heterocycles. The number of hydrogen-bond acceptors (Lipinski definition) is 4. The lowest BCUT2D eigenvalue weighted by atomic mass is 9.94. The molecule has 0 radical (unpaired) electrons. The molecule has 0 spiro atoms. The molecule has 4 rings (SSSR count). The maximum Gasteiger partial charge on any atom is 0.163 e. The van der Waals surface area contributed by atoms with Crippen molar-refractivity contribution in [2.75, 3.05) is 13.1 Å². The highest BCUT2D eigenvalue weighted by molar-refractivity contribution is 5.79. The van der Waals surface area contributed by atoms with Gasteiger partial charge in [0.05, 0.1) is 5.69 Å². The maximum absolute atomic E-state index is 4.77. The lowest BCUT2D eigenvalue weighted by molar-refractivity contribution is 0.371. The van der Waals surface area contributed by atoms with Crippen molar-refractivity contribution in [2.24, 2.45) is 5.92 Å². The summed E-state index contributed by atoms with van der Waals surface area (Å²) in [6.45, 7) is 4.30. The minimum absolute atomic E-state index is 0.684. The number of fused-ring (bicyclic) bond motifs is 1. The SMILES string of the molecule is Cc1nn2c(CC3CCCNC3)ccnc2c1-c1ccncc1. The number of pyridine rings is 1. The van der Waals surface area contributed by atoms with E-state index in [1.54, 1.807) is 0 Å². The van der Waals surface area contributed by atoms with E-state index >= 15 is 0 Å². The Morgan fingerprint density at radius 2 is 2.09 bits per heavy atom. The zero-order valence-corrected chi connectivity index (χ0v) is 13.4. The van der Waals surface area contributed by atoms with Crippen LogP contribution in [0.5, 0.6) is 0 Å². The van der Waals surface area contributed by atoms with E-state index in [-0.39, 0.29) is 0 Å². The molecule has 118 valence electrons. The van der Waals surface area contributed by atoms with Crippen molar-refractivity contribution in [1.29, 1.82) is 0 Å². The van der Waals surface area contributed by atoms with Crippen molar-refractivity contribution in [3.05, 3.63) is 48.2 Å². The first kappa shape index (κ1) is 14.3. The first-order valence-electron chi connectivity index (χ1n) is 8.27. The Balaban J connectivity index is 1.76. The second-order valence-corrected chi connectivity index (χ2v) is 6.28. The average molecular weight is 307 g/mol. The molecule has 5 heteroatoms. The molecule has 1 aliphatic rings. The van der Waals surface area contributed by atoms with E-state index in [1.807, 2.05) is 35.2 Å². The molecule has 0 aliphatic carbocycles. The van der Waals surface area contributed by atoms with Gasteiger partial charge < -0.3 is 5.32 Å². The van der Waals surface area contributed by atoms with Crippen molar-refractivity contribution in [2.45, 2.75) is 26.2 Å². The van der Waals surface area contributed by atoms with Gasteiger partial charge in [-0.25, -0.2) is 9.50 Å². The Hall–Kier alpha value is -2.27. The second-order valence-electron chi connectivity index (χ2n) is 6.28. The fourth-order valence-electron chi connectivity index (χ4n) is 3.50. The fourth-order valence-corrected chi connectivity index (χ4v) is 3.50. The van der Waals surface area contributed by atoms with Gasteiger partial charge in [-0.15, -0.1) is 0 Å². The summed E-state index contributed by atoms with van der Waals surface area (Å²) in [5.41, 5.74) is 5.42. The van der Waals surface area contributed by atoms with E-state index < -0.39 is 0 Å². The van der Waals surface area contributed by atoms with Crippen molar-refractivity contribution in [1.82, 2.24) is 24.9 Å². The average Bonchev–Trinajstić information content (AvgIpc) is 2.94. The van der Waals surface area contributed by atoms with E-state index in [4.69, 9.17) is 5.10 Å². The Morgan fingerprint density at radius 1 is 1.22 bits per heavy atom. The van der Waals surface area contributed by atoms with Crippen LogP contribution in [0.4, 0.5) is 0 Å².